The summed E-state index contributed by atoms with van der Waals surface area (Å²) in [6.07, 6.45) is 5.39. The van der Waals surface area contributed by atoms with Crippen LogP contribution in [0.25, 0.3) is 0 Å². The number of nitrogens with zero attached hydrogens (tertiary/aromatic N) is 3. The van der Waals surface area contributed by atoms with E-state index in [2.05, 4.69) is 34.4 Å². The number of fused-ring (bicyclic) bond motifs is 1. The molecule has 0 fully saturated rings. The molecule has 0 spiro atoms. The minimum atomic E-state index is -0.786. The van der Waals surface area contributed by atoms with Gasteiger partial charge in [0.1, 0.15) is 11.9 Å². The summed E-state index contributed by atoms with van der Waals surface area (Å²) in [7, 11) is 0. The van der Waals surface area contributed by atoms with Crippen molar-refractivity contribution >= 4 is 40.8 Å². The first kappa shape index (κ1) is 27.0. The van der Waals surface area contributed by atoms with E-state index >= 15 is 0 Å². The summed E-state index contributed by atoms with van der Waals surface area (Å²) in [5, 5.41) is 6.10. The zero-order valence-corrected chi connectivity index (χ0v) is 22.9. The Morgan fingerprint density at radius 2 is 1.82 bits per heavy atom. The van der Waals surface area contributed by atoms with E-state index in [9.17, 15) is 14.4 Å². The van der Waals surface area contributed by atoms with Crippen LogP contribution in [0, 0.1) is 0 Å². The predicted molar refractivity (Wildman–Crippen MR) is 154 cm³/mol. The Morgan fingerprint density at radius 3 is 2.50 bits per heavy atom. The molecule has 9 heteroatoms. The molecule has 202 valence electrons. The van der Waals surface area contributed by atoms with Gasteiger partial charge in [0, 0.05) is 42.1 Å². The molecule has 2 aromatic heterocycles. The Kier molecular flexibility index (Phi) is 7.89. The third-order valence-corrected chi connectivity index (χ3v) is 7.06. The number of benzene rings is 2. The molecule has 5 rings (SSSR count). The molecular weight excluding hydrogens is 526 g/mol. The van der Waals surface area contributed by atoms with Gasteiger partial charge in [0.2, 0.25) is 5.91 Å². The molecule has 4 aromatic rings. The summed E-state index contributed by atoms with van der Waals surface area (Å²) in [5.74, 6) is -0.0810. The number of hydrogen-bond acceptors (Lipinski definition) is 5. The predicted octanol–water partition coefficient (Wildman–Crippen LogP) is 5.71. The molecule has 40 heavy (non-hydrogen) atoms. The van der Waals surface area contributed by atoms with Crippen LogP contribution in [0.5, 0.6) is 0 Å². The Bertz CT molecular complexity index is 1540. The fraction of sp³-hybridized carbons (Fsp3) is 0.194. The molecule has 1 aliphatic heterocycles. The smallest absolute Gasteiger partial charge is 0.256 e. The van der Waals surface area contributed by atoms with Crippen molar-refractivity contribution in [2.24, 2.45) is 0 Å². The quantitative estimate of drug-likeness (QED) is 0.305. The maximum absolute atomic E-state index is 13.7. The van der Waals surface area contributed by atoms with Crippen LogP contribution >= 0.6 is 11.6 Å². The summed E-state index contributed by atoms with van der Waals surface area (Å²) >= 11 is 6.15. The number of carbonyl (C=O) groups is 3. The first-order valence-electron chi connectivity index (χ1n) is 12.9. The Labute approximate surface area is 237 Å². The van der Waals surface area contributed by atoms with E-state index in [1.807, 2.05) is 12.1 Å². The Morgan fingerprint density at radius 1 is 1.02 bits per heavy atom. The minimum Gasteiger partial charge on any atom is -0.323 e. The number of aromatic nitrogens is 2. The van der Waals surface area contributed by atoms with Crippen LogP contribution in [0.3, 0.4) is 0 Å². The molecule has 0 radical (unpaired) electrons. The van der Waals surface area contributed by atoms with Crippen LogP contribution in [0.4, 0.5) is 11.5 Å². The Hall–Kier alpha value is -4.56. The monoisotopic (exact) mass is 553 g/mol. The van der Waals surface area contributed by atoms with E-state index in [1.165, 1.54) is 0 Å². The lowest BCUT2D eigenvalue weighted by molar-refractivity contribution is -0.120. The van der Waals surface area contributed by atoms with Crippen LogP contribution in [0.15, 0.2) is 85.3 Å². The maximum Gasteiger partial charge on any atom is 0.256 e. The van der Waals surface area contributed by atoms with Crippen molar-refractivity contribution in [3.05, 3.63) is 118 Å². The first-order valence-corrected chi connectivity index (χ1v) is 13.3. The molecule has 2 aromatic carbocycles. The molecule has 1 unspecified atom stereocenters. The number of pyridine rings is 2. The third-order valence-electron chi connectivity index (χ3n) is 6.83. The zero-order valence-electron chi connectivity index (χ0n) is 22.1. The molecule has 0 saturated carbocycles. The molecular formula is C31H28ClN5O3. The molecule has 8 nitrogen and oxygen atoms in total. The van der Waals surface area contributed by atoms with Crippen molar-refractivity contribution in [2.45, 2.75) is 38.8 Å². The standard InChI is InChI=1S/C31H28ClN5O3/c1-19(2)23-9-12-28(34-17-23)36-29(38)22-7-5-20(6-8-22)18-37-27(14-21-4-3-13-33-16-21)30(39)35-26-15-24(32)10-11-25(26)31(37)40/h3-13,15-17,19,27H,14,18H2,1-2H3,(H,35,39)(H,34,36,38). The first-order chi connectivity index (χ1) is 19.3. The molecule has 1 aliphatic rings. The van der Waals surface area contributed by atoms with E-state index in [0.717, 1.165) is 16.7 Å². The van der Waals surface area contributed by atoms with Crippen molar-refractivity contribution < 1.29 is 14.4 Å². The molecule has 1 atom stereocenters. The van der Waals surface area contributed by atoms with E-state index in [0.29, 0.717) is 33.6 Å². The van der Waals surface area contributed by atoms with Gasteiger partial charge in [0.25, 0.3) is 11.8 Å². The van der Waals surface area contributed by atoms with E-state index in [1.54, 1.807) is 78.1 Å². The fourth-order valence-electron chi connectivity index (χ4n) is 4.55. The number of rotatable bonds is 7. The van der Waals surface area contributed by atoms with Gasteiger partial charge in [0.15, 0.2) is 0 Å². The molecule has 3 amide bonds. The van der Waals surface area contributed by atoms with Crippen LogP contribution < -0.4 is 10.6 Å². The summed E-state index contributed by atoms with van der Waals surface area (Å²) in [4.78, 5) is 50.0. The second kappa shape index (κ2) is 11.7. The largest absolute Gasteiger partial charge is 0.323 e. The number of nitrogens with one attached hydrogen (secondary N) is 2. The maximum atomic E-state index is 13.7. The van der Waals surface area contributed by atoms with Crippen molar-refractivity contribution in [3.63, 3.8) is 0 Å². The topological polar surface area (TPSA) is 104 Å². The van der Waals surface area contributed by atoms with Gasteiger partial charge in [-0.2, -0.15) is 0 Å². The SMILES string of the molecule is CC(C)c1ccc(NC(=O)c2ccc(CN3C(=O)c4ccc(Cl)cc4NC(=O)C3Cc3cccnc3)cc2)nc1. The van der Waals surface area contributed by atoms with E-state index in [4.69, 9.17) is 11.6 Å². The molecule has 2 N–H and O–H groups in total. The number of amides is 3. The van der Waals surface area contributed by atoms with Crippen LogP contribution in [-0.2, 0) is 17.8 Å². The number of halogens is 1. The van der Waals surface area contributed by atoms with Crippen LogP contribution in [0.2, 0.25) is 5.02 Å². The van der Waals surface area contributed by atoms with Crippen molar-refractivity contribution in [1.29, 1.82) is 0 Å². The average Bonchev–Trinajstić information content (AvgIpc) is 3.04. The van der Waals surface area contributed by atoms with Crippen LogP contribution in [0.1, 0.15) is 57.2 Å². The second-order valence-electron chi connectivity index (χ2n) is 9.98. The molecule has 0 saturated heterocycles. The van der Waals surface area contributed by atoms with Gasteiger partial charge in [-0.1, -0.05) is 49.7 Å². The molecule has 0 bridgehead atoms. The van der Waals surface area contributed by atoms with Crippen molar-refractivity contribution in [1.82, 2.24) is 14.9 Å². The Balaban J connectivity index is 1.37. The number of hydrogen-bond donors (Lipinski definition) is 2. The van der Waals surface area contributed by atoms with Gasteiger partial charge in [-0.15, -0.1) is 0 Å². The van der Waals surface area contributed by atoms with E-state index in [-0.39, 0.29) is 30.7 Å². The van der Waals surface area contributed by atoms with Gasteiger partial charge in [-0.25, -0.2) is 4.98 Å². The second-order valence-corrected chi connectivity index (χ2v) is 10.4. The lowest BCUT2D eigenvalue weighted by Crippen LogP contribution is -2.46. The summed E-state index contributed by atoms with van der Waals surface area (Å²) in [6.45, 7) is 4.33. The highest BCUT2D eigenvalue weighted by molar-refractivity contribution is 6.31. The lowest BCUT2D eigenvalue weighted by atomic mass is 10.0. The van der Waals surface area contributed by atoms with Crippen LogP contribution in [-0.4, -0.2) is 38.6 Å². The van der Waals surface area contributed by atoms with Crippen molar-refractivity contribution in [3.8, 4) is 0 Å². The number of anilines is 2. The summed E-state index contributed by atoms with van der Waals surface area (Å²) in [6, 6.07) is 18.4. The zero-order chi connectivity index (χ0) is 28.2. The highest BCUT2D eigenvalue weighted by Crippen LogP contribution is 2.29. The van der Waals surface area contributed by atoms with Gasteiger partial charge in [-0.3, -0.25) is 19.4 Å². The molecule has 0 aliphatic carbocycles. The summed E-state index contributed by atoms with van der Waals surface area (Å²) in [5.41, 5.74) is 3.87. The fourth-order valence-corrected chi connectivity index (χ4v) is 4.73. The van der Waals surface area contributed by atoms with Crippen molar-refractivity contribution in [2.75, 3.05) is 10.6 Å². The minimum absolute atomic E-state index is 0.166. The van der Waals surface area contributed by atoms with Gasteiger partial charge >= 0.3 is 0 Å². The highest BCUT2D eigenvalue weighted by atomic mass is 35.5. The normalized spacial score (nSPS) is 14.9. The van der Waals surface area contributed by atoms with E-state index < -0.39 is 6.04 Å². The summed E-state index contributed by atoms with van der Waals surface area (Å²) < 4.78 is 0. The number of carbonyl (C=O) groups excluding carboxylic acids is 3. The van der Waals surface area contributed by atoms with Gasteiger partial charge in [0.05, 0.1) is 11.3 Å². The lowest BCUT2D eigenvalue weighted by Gasteiger charge is -2.29. The molecule has 3 heterocycles. The highest BCUT2D eigenvalue weighted by Gasteiger charge is 2.35. The van der Waals surface area contributed by atoms with Gasteiger partial charge in [-0.05, 0) is 65.1 Å². The van der Waals surface area contributed by atoms with Gasteiger partial charge < -0.3 is 15.5 Å². The third kappa shape index (κ3) is 6.02. The average molecular weight is 554 g/mol.